The van der Waals surface area contributed by atoms with Crippen molar-refractivity contribution < 1.29 is 13.2 Å². The quantitative estimate of drug-likeness (QED) is 0.180. The van der Waals surface area contributed by atoms with E-state index >= 15 is 0 Å². The second kappa shape index (κ2) is 13.7. The third-order valence-electron chi connectivity index (χ3n) is 4.93. The van der Waals surface area contributed by atoms with E-state index in [0.29, 0.717) is 25.0 Å². The normalized spacial score (nSPS) is 13.7. The van der Waals surface area contributed by atoms with Crippen LogP contribution in [0.2, 0.25) is 0 Å². The number of methoxy groups -OCH3 is 1. The van der Waals surface area contributed by atoms with Gasteiger partial charge in [-0.25, -0.2) is 13.1 Å². The van der Waals surface area contributed by atoms with Gasteiger partial charge in [-0.1, -0.05) is 49.4 Å². The van der Waals surface area contributed by atoms with E-state index in [4.69, 9.17) is 4.74 Å². The molecule has 9 heteroatoms. The van der Waals surface area contributed by atoms with Gasteiger partial charge in [-0.15, -0.1) is 24.0 Å². The van der Waals surface area contributed by atoms with E-state index in [9.17, 15) is 8.42 Å². The molecule has 0 aliphatic carbocycles. The summed E-state index contributed by atoms with van der Waals surface area (Å²) in [6.45, 7) is 5.29. The number of aliphatic imine (C=N–C) groups is 1. The van der Waals surface area contributed by atoms with E-state index < -0.39 is 10.0 Å². The molecule has 0 saturated carbocycles. The first-order valence-corrected chi connectivity index (χ1v) is 11.5. The molecule has 0 radical (unpaired) electrons. The number of hydrogen-bond acceptors (Lipinski definition) is 4. The summed E-state index contributed by atoms with van der Waals surface area (Å²) in [5.74, 6) is 0.966. The van der Waals surface area contributed by atoms with Gasteiger partial charge in [-0.05, 0) is 30.2 Å². The van der Waals surface area contributed by atoms with Crippen LogP contribution in [0.25, 0.3) is 0 Å². The first-order chi connectivity index (χ1) is 14.4. The Labute approximate surface area is 203 Å². The summed E-state index contributed by atoms with van der Waals surface area (Å²) in [5.41, 5.74) is 2.10. The van der Waals surface area contributed by atoms with Crippen LogP contribution in [0.3, 0.4) is 0 Å². The largest absolute Gasteiger partial charge is 0.383 e. The lowest BCUT2D eigenvalue weighted by Crippen LogP contribution is -2.43. The predicted molar refractivity (Wildman–Crippen MR) is 137 cm³/mol. The molecule has 0 fully saturated rings. The standard InChI is InChI=1S/C22H32N4O3S.HI/c1-17(20-10-6-5-7-11-20)18(2)26-22(23-3)24-16-19-9-8-12-21(15-19)30(27,28)25-13-14-29-4;/h5-12,15,17-18,25H,13-14,16H2,1-4H3,(H2,23,24,26);1H. The minimum absolute atomic E-state index is 0. The van der Waals surface area contributed by atoms with Gasteiger partial charge < -0.3 is 15.4 Å². The number of nitrogens with one attached hydrogen (secondary N) is 3. The SMILES string of the molecule is CN=C(NCc1cccc(S(=O)(=O)NCCOC)c1)NC(C)C(C)c1ccccc1.I. The summed E-state index contributed by atoms with van der Waals surface area (Å²) in [7, 11) is -0.315. The highest BCUT2D eigenvalue weighted by atomic mass is 127. The Morgan fingerprint density at radius 1 is 1.10 bits per heavy atom. The van der Waals surface area contributed by atoms with Crippen molar-refractivity contribution in [3.63, 3.8) is 0 Å². The van der Waals surface area contributed by atoms with Crippen molar-refractivity contribution >= 4 is 40.0 Å². The van der Waals surface area contributed by atoms with Crippen LogP contribution < -0.4 is 15.4 Å². The fourth-order valence-corrected chi connectivity index (χ4v) is 4.03. The lowest BCUT2D eigenvalue weighted by molar-refractivity contribution is 0.204. The van der Waals surface area contributed by atoms with Crippen LogP contribution in [-0.2, 0) is 21.3 Å². The topological polar surface area (TPSA) is 91.8 Å². The Morgan fingerprint density at radius 2 is 1.81 bits per heavy atom. The highest BCUT2D eigenvalue weighted by Crippen LogP contribution is 2.18. The van der Waals surface area contributed by atoms with Crippen molar-refractivity contribution in [2.75, 3.05) is 27.3 Å². The molecule has 0 bridgehead atoms. The molecular formula is C22H33IN4O3S. The molecule has 0 spiro atoms. The molecule has 0 amide bonds. The van der Waals surface area contributed by atoms with Gasteiger partial charge in [0.2, 0.25) is 10.0 Å². The smallest absolute Gasteiger partial charge is 0.240 e. The van der Waals surface area contributed by atoms with Crippen LogP contribution in [0.4, 0.5) is 0 Å². The Hall–Kier alpha value is -1.69. The van der Waals surface area contributed by atoms with E-state index in [0.717, 1.165) is 5.56 Å². The van der Waals surface area contributed by atoms with Crippen molar-refractivity contribution in [1.82, 2.24) is 15.4 Å². The van der Waals surface area contributed by atoms with Gasteiger partial charge in [-0.3, -0.25) is 4.99 Å². The van der Waals surface area contributed by atoms with Crippen LogP contribution in [0.5, 0.6) is 0 Å². The molecule has 2 rings (SSSR count). The van der Waals surface area contributed by atoms with E-state index in [-0.39, 0.29) is 41.5 Å². The molecule has 2 atom stereocenters. The summed E-state index contributed by atoms with van der Waals surface area (Å²) in [5, 5.41) is 6.67. The van der Waals surface area contributed by atoms with Gasteiger partial charge >= 0.3 is 0 Å². The number of sulfonamides is 1. The first kappa shape index (κ1) is 27.3. The summed E-state index contributed by atoms with van der Waals surface area (Å²) in [6.07, 6.45) is 0. The lowest BCUT2D eigenvalue weighted by atomic mass is 9.94. The summed E-state index contributed by atoms with van der Waals surface area (Å²) >= 11 is 0. The zero-order chi connectivity index (χ0) is 22.0. The maximum atomic E-state index is 12.4. The molecule has 2 aromatic carbocycles. The minimum atomic E-state index is -3.56. The molecule has 31 heavy (non-hydrogen) atoms. The molecular weight excluding hydrogens is 527 g/mol. The maximum absolute atomic E-state index is 12.4. The fraction of sp³-hybridized carbons (Fsp3) is 0.409. The van der Waals surface area contributed by atoms with E-state index in [1.807, 2.05) is 24.3 Å². The molecule has 172 valence electrons. The number of nitrogens with zero attached hydrogens (tertiary/aromatic N) is 1. The third kappa shape index (κ3) is 8.76. The highest BCUT2D eigenvalue weighted by molar-refractivity contribution is 14.0. The van der Waals surface area contributed by atoms with Gasteiger partial charge in [0.15, 0.2) is 5.96 Å². The van der Waals surface area contributed by atoms with E-state index in [1.165, 1.54) is 12.7 Å². The molecule has 0 aliphatic rings. The molecule has 2 aromatic rings. The van der Waals surface area contributed by atoms with E-state index in [1.54, 1.807) is 25.2 Å². The monoisotopic (exact) mass is 560 g/mol. The van der Waals surface area contributed by atoms with Crippen molar-refractivity contribution in [3.8, 4) is 0 Å². The molecule has 0 heterocycles. The molecule has 0 aliphatic heterocycles. The van der Waals surface area contributed by atoms with Gasteiger partial charge in [0.1, 0.15) is 0 Å². The number of ether oxygens (including phenoxy) is 1. The number of rotatable bonds is 10. The molecule has 3 N–H and O–H groups in total. The number of guanidine groups is 1. The Balaban J connectivity index is 0.00000480. The average molecular weight is 561 g/mol. The second-order valence-corrected chi connectivity index (χ2v) is 8.86. The Kier molecular flexibility index (Phi) is 12.1. The molecule has 0 aromatic heterocycles. The first-order valence-electron chi connectivity index (χ1n) is 9.97. The zero-order valence-electron chi connectivity index (χ0n) is 18.5. The Bertz CT molecular complexity index is 923. The van der Waals surface area contributed by atoms with Crippen molar-refractivity contribution in [3.05, 3.63) is 65.7 Å². The molecule has 7 nitrogen and oxygen atoms in total. The van der Waals surface area contributed by atoms with Crippen LogP contribution in [0, 0.1) is 0 Å². The van der Waals surface area contributed by atoms with Gasteiger partial charge in [-0.2, -0.15) is 0 Å². The maximum Gasteiger partial charge on any atom is 0.240 e. The van der Waals surface area contributed by atoms with Crippen molar-refractivity contribution in [1.29, 1.82) is 0 Å². The zero-order valence-corrected chi connectivity index (χ0v) is 21.6. The van der Waals surface area contributed by atoms with Crippen LogP contribution in [-0.4, -0.2) is 47.7 Å². The number of benzene rings is 2. The van der Waals surface area contributed by atoms with Crippen LogP contribution in [0.15, 0.2) is 64.5 Å². The van der Waals surface area contributed by atoms with Crippen molar-refractivity contribution in [2.24, 2.45) is 4.99 Å². The van der Waals surface area contributed by atoms with Crippen LogP contribution >= 0.6 is 24.0 Å². The highest BCUT2D eigenvalue weighted by Gasteiger charge is 2.16. The van der Waals surface area contributed by atoms with Crippen LogP contribution in [0.1, 0.15) is 30.9 Å². The molecule has 2 unspecified atom stereocenters. The second-order valence-electron chi connectivity index (χ2n) is 7.10. The van der Waals surface area contributed by atoms with Gasteiger partial charge in [0.05, 0.1) is 11.5 Å². The molecule has 0 saturated heterocycles. The summed E-state index contributed by atoms with van der Waals surface area (Å²) in [4.78, 5) is 4.52. The fourth-order valence-electron chi connectivity index (χ4n) is 2.95. The van der Waals surface area contributed by atoms with Gasteiger partial charge in [0.25, 0.3) is 0 Å². The summed E-state index contributed by atoms with van der Waals surface area (Å²) in [6, 6.07) is 17.3. The predicted octanol–water partition coefficient (Wildman–Crippen LogP) is 3.09. The number of hydrogen-bond donors (Lipinski definition) is 3. The average Bonchev–Trinajstić information content (AvgIpc) is 2.76. The third-order valence-corrected chi connectivity index (χ3v) is 6.39. The van der Waals surface area contributed by atoms with Gasteiger partial charge in [0, 0.05) is 39.2 Å². The Morgan fingerprint density at radius 3 is 2.45 bits per heavy atom. The summed E-state index contributed by atoms with van der Waals surface area (Å²) < 4.78 is 32.2. The number of halogens is 1. The van der Waals surface area contributed by atoms with Crippen molar-refractivity contribution in [2.45, 2.75) is 37.2 Å². The lowest BCUT2D eigenvalue weighted by Gasteiger charge is -2.24. The minimum Gasteiger partial charge on any atom is -0.383 e. The van der Waals surface area contributed by atoms with E-state index in [2.05, 4.69) is 46.3 Å².